The molecule has 0 saturated carbocycles. The molecule has 0 saturated heterocycles. The Bertz CT molecular complexity index is 2910. The second-order valence-electron chi connectivity index (χ2n) is 16.1. The Morgan fingerprint density at radius 3 is 1.44 bits per heavy atom. The number of anilines is 3. The van der Waals surface area contributed by atoms with Crippen LogP contribution in [0.3, 0.4) is 0 Å². The Morgan fingerprint density at radius 2 is 0.789 bits per heavy atom. The summed E-state index contributed by atoms with van der Waals surface area (Å²) < 4.78 is 0. The van der Waals surface area contributed by atoms with Crippen LogP contribution < -0.4 is 4.90 Å². The molecule has 11 rings (SSSR count). The van der Waals surface area contributed by atoms with Crippen molar-refractivity contribution in [1.82, 2.24) is 0 Å². The maximum atomic E-state index is 2.49. The van der Waals surface area contributed by atoms with E-state index in [0.29, 0.717) is 0 Å². The Balaban J connectivity index is 1.13. The lowest BCUT2D eigenvalue weighted by atomic mass is 9.70. The lowest BCUT2D eigenvalue weighted by Gasteiger charge is -2.32. The van der Waals surface area contributed by atoms with E-state index in [4.69, 9.17) is 0 Å². The third-order valence-corrected chi connectivity index (χ3v) is 12.8. The van der Waals surface area contributed by atoms with Crippen molar-refractivity contribution >= 4 is 27.8 Å². The van der Waals surface area contributed by atoms with E-state index in [2.05, 4.69) is 231 Å². The van der Waals surface area contributed by atoms with Crippen LogP contribution in [0.2, 0.25) is 0 Å². The fourth-order valence-electron chi connectivity index (χ4n) is 9.88. The van der Waals surface area contributed by atoms with Crippen molar-refractivity contribution in [2.45, 2.75) is 24.7 Å². The molecule has 0 unspecified atom stereocenters. The van der Waals surface area contributed by atoms with Gasteiger partial charge in [-0.15, -0.1) is 0 Å². The molecule has 0 heterocycles. The van der Waals surface area contributed by atoms with Crippen LogP contribution >= 0.6 is 0 Å². The summed E-state index contributed by atoms with van der Waals surface area (Å²) in [5.41, 5.74) is 18.4. The van der Waals surface area contributed by atoms with Gasteiger partial charge in [0.15, 0.2) is 0 Å². The van der Waals surface area contributed by atoms with Crippen molar-refractivity contribution in [2.75, 3.05) is 4.90 Å². The van der Waals surface area contributed by atoms with E-state index in [1.807, 2.05) is 0 Å². The molecule has 1 spiro atoms. The molecule has 270 valence electrons. The molecular formula is C56H41N. The first-order valence-electron chi connectivity index (χ1n) is 20.0. The SMILES string of the molecule is CC(C)(c1ccccc1)c1ccc(N(c2ccc(-c3ccccc3)cc2)c2ccc3c(c2)C2(c4ccccc4-c4ccccc42)c2cc4ccccc4cc2-3)cc1. The Kier molecular flexibility index (Phi) is 7.50. The molecule has 57 heavy (non-hydrogen) atoms. The zero-order valence-corrected chi connectivity index (χ0v) is 32.2. The first kappa shape index (κ1) is 33.4. The van der Waals surface area contributed by atoms with Gasteiger partial charge in [-0.25, -0.2) is 0 Å². The molecule has 0 N–H and O–H groups in total. The van der Waals surface area contributed by atoms with Gasteiger partial charge in [0.2, 0.25) is 0 Å². The largest absolute Gasteiger partial charge is 0.310 e. The molecule has 0 fully saturated rings. The molecule has 2 aliphatic rings. The molecule has 1 heteroatoms. The predicted molar refractivity (Wildman–Crippen MR) is 239 cm³/mol. The van der Waals surface area contributed by atoms with Gasteiger partial charge >= 0.3 is 0 Å². The number of benzene rings is 9. The number of hydrogen-bond acceptors (Lipinski definition) is 1. The first-order valence-corrected chi connectivity index (χ1v) is 20.0. The van der Waals surface area contributed by atoms with Crippen LogP contribution in [-0.4, -0.2) is 0 Å². The van der Waals surface area contributed by atoms with Gasteiger partial charge in [-0.2, -0.15) is 0 Å². The average molecular weight is 728 g/mol. The second-order valence-corrected chi connectivity index (χ2v) is 16.1. The highest BCUT2D eigenvalue weighted by Gasteiger charge is 2.52. The van der Waals surface area contributed by atoms with Crippen molar-refractivity contribution in [2.24, 2.45) is 0 Å². The van der Waals surface area contributed by atoms with Crippen molar-refractivity contribution in [3.63, 3.8) is 0 Å². The van der Waals surface area contributed by atoms with Gasteiger partial charge in [-0.3, -0.25) is 0 Å². The van der Waals surface area contributed by atoms with Crippen LogP contribution in [-0.2, 0) is 10.8 Å². The minimum Gasteiger partial charge on any atom is -0.310 e. The van der Waals surface area contributed by atoms with Gasteiger partial charge in [0.1, 0.15) is 0 Å². The first-order chi connectivity index (χ1) is 28.0. The maximum absolute atomic E-state index is 2.49. The topological polar surface area (TPSA) is 3.24 Å². The summed E-state index contributed by atoms with van der Waals surface area (Å²) in [5, 5.41) is 2.53. The molecule has 9 aromatic carbocycles. The number of rotatable bonds is 6. The summed E-state index contributed by atoms with van der Waals surface area (Å²) in [6.07, 6.45) is 0. The molecule has 1 nitrogen and oxygen atoms in total. The normalized spacial score (nSPS) is 13.2. The second kappa shape index (κ2) is 12.8. The van der Waals surface area contributed by atoms with Gasteiger partial charge in [0.05, 0.1) is 5.41 Å². The van der Waals surface area contributed by atoms with E-state index in [-0.39, 0.29) is 5.41 Å². The molecular weight excluding hydrogens is 687 g/mol. The standard InChI is InChI=1S/C56H41N/c1-55(2,42-19-7-4-8-20-42)43-27-31-45(32-28-43)57(44-29-25-39(26-30-44)38-15-5-3-6-16-38)46-33-34-49-50-35-40-17-9-10-18-41(40)36-53(50)56(54(49)37-46)51-23-13-11-21-47(51)48-22-12-14-24-52(48)56/h3-37H,1-2H3. The highest BCUT2D eigenvalue weighted by Crippen LogP contribution is 2.63. The van der Waals surface area contributed by atoms with E-state index in [1.165, 1.54) is 77.5 Å². The van der Waals surface area contributed by atoms with Crippen LogP contribution in [0.1, 0.15) is 47.2 Å². The lowest BCUT2D eigenvalue weighted by Crippen LogP contribution is -2.26. The van der Waals surface area contributed by atoms with Crippen LogP contribution in [0.5, 0.6) is 0 Å². The fourth-order valence-corrected chi connectivity index (χ4v) is 9.88. The Hall–Kier alpha value is -6.96. The summed E-state index contributed by atoms with van der Waals surface area (Å²) in [6.45, 7) is 4.63. The summed E-state index contributed by atoms with van der Waals surface area (Å²) in [7, 11) is 0. The van der Waals surface area contributed by atoms with Crippen molar-refractivity contribution < 1.29 is 0 Å². The molecule has 2 aliphatic carbocycles. The van der Waals surface area contributed by atoms with E-state index in [1.54, 1.807) is 0 Å². The van der Waals surface area contributed by atoms with Crippen molar-refractivity contribution in [1.29, 1.82) is 0 Å². The molecule has 0 aliphatic heterocycles. The van der Waals surface area contributed by atoms with Gasteiger partial charge in [0.25, 0.3) is 0 Å². The minimum atomic E-state index is -0.454. The predicted octanol–water partition coefficient (Wildman–Crippen LogP) is 14.6. The van der Waals surface area contributed by atoms with Crippen molar-refractivity contribution in [3.8, 4) is 33.4 Å². The number of hydrogen-bond donors (Lipinski definition) is 0. The third kappa shape index (κ3) is 5.02. The maximum Gasteiger partial charge on any atom is 0.0726 e. The van der Waals surface area contributed by atoms with Gasteiger partial charge in [0, 0.05) is 22.5 Å². The quantitative estimate of drug-likeness (QED) is 0.165. The smallest absolute Gasteiger partial charge is 0.0726 e. The number of nitrogens with zero attached hydrogens (tertiary/aromatic N) is 1. The zero-order chi connectivity index (χ0) is 38.1. The lowest BCUT2D eigenvalue weighted by molar-refractivity contribution is 0.641. The molecule has 0 bridgehead atoms. The zero-order valence-electron chi connectivity index (χ0n) is 32.2. The molecule has 0 radical (unpaired) electrons. The summed E-state index contributed by atoms with van der Waals surface area (Å²) in [5.74, 6) is 0. The van der Waals surface area contributed by atoms with Gasteiger partial charge in [-0.05, 0) is 126 Å². The third-order valence-electron chi connectivity index (χ3n) is 12.8. The summed E-state index contributed by atoms with van der Waals surface area (Å²) in [6, 6.07) is 78.8. The highest BCUT2D eigenvalue weighted by molar-refractivity contribution is 6.00. The van der Waals surface area contributed by atoms with E-state index < -0.39 is 5.41 Å². The summed E-state index contributed by atoms with van der Waals surface area (Å²) in [4.78, 5) is 2.44. The van der Waals surface area contributed by atoms with E-state index in [9.17, 15) is 0 Å². The fraction of sp³-hybridized carbons (Fsp3) is 0.0714. The van der Waals surface area contributed by atoms with Gasteiger partial charge < -0.3 is 4.90 Å². The minimum absolute atomic E-state index is 0.138. The Morgan fingerprint density at radius 1 is 0.333 bits per heavy atom. The number of fused-ring (bicyclic) bond motifs is 11. The van der Waals surface area contributed by atoms with Gasteiger partial charge in [-0.1, -0.05) is 178 Å². The average Bonchev–Trinajstić information content (AvgIpc) is 3.73. The molecule has 0 atom stereocenters. The highest BCUT2D eigenvalue weighted by atomic mass is 15.1. The van der Waals surface area contributed by atoms with E-state index in [0.717, 1.165) is 17.1 Å². The Labute approximate surface area is 335 Å². The summed E-state index contributed by atoms with van der Waals surface area (Å²) >= 11 is 0. The van der Waals surface area contributed by atoms with E-state index >= 15 is 0 Å². The van der Waals surface area contributed by atoms with Crippen LogP contribution in [0, 0.1) is 0 Å². The van der Waals surface area contributed by atoms with Crippen LogP contribution in [0.25, 0.3) is 44.2 Å². The van der Waals surface area contributed by atoms with Crippen LogP contribution in [0.4, 0.5) is 17.1 Å². The van der Waals surface area contributed by atoms with Crippen LogP contribution in [0.15, 0.2) is 212 Å². The molecule has 9 aromatic rings. The molecule has 0 amide bonds. The molecule has 0 aromatic heterocycles. The van der Waals surface area contributed by atoms with Crippen molar-refractivity contribution in [3.05, 3.63) is 246 Å². The monoisotopic (exact) mass is 727 g/mol.